The zero-order valence-electron chi connectivity index (χ0n) is 13.7. The lowest BCUT2D eigenvalue weighted by molar-refractivity contribution is -0.121. The first kappa shape index (κ1) is 17.1. The third kappa shape index (κ3) is 5.17. The van der Waals surface area contributed by atoms with Gasteiger partial charge in [-0.2, -0.15) is 4.98 Å². The summed E-state index contributed by atoms with van der Waals surface area (Å²) >= 11 is 0. The molecular weight excluding hydrogens is 294 g/mol. The van der Waals surface area contributed by atoms with Gasteiger partial charge in [-0.15, -0.1) is 0 Å². The van der Waals surface area contributed by atoms with Crippen molar-refractivity contribution in [1.29, 1.82) is 0 Å². The SMILES string of the molecule is CC(O)CNC(=O)CCc1nc(-c2ccc(C(C)C)cc2)no1. The molecule has 0 saturated carbocycles. The summed E-state index contributed by atoms with van der Waals surface area (Å²) in [6.45, 7) is 6.15. The van der Waals surface area contributed by atoms with E-state index in [9.17, 15) is 4.79 Å². The minimum absolute atomic E-state index is 0.146. The van der Waals surface area contributed by atoms with Crippen LogP contribution in [0.1, 0.15) is 44.6 Å². The maximum Gasteiger partial charge on any atom is 0.227 e. The number of hydrogen-bond acceptors (Lipinski definition) is 5. The van der Waals surface area contributed by atoms with Crippen LogP contribution in [0.3, 0.4) is 0 Å². The fourth-order valence-electron chi connectivity index (χ4n) is 2.06. The zero-order valence-corrected chi connectivity index (χ0v) is 13.7. The van der Waals surface area contributed by atoms with Crippen LogP contribution in [0.2, 0.25) is 0 Å². The van der Waals surface area contributed by atoms with Crippen molar-refractivity contribution in [2.24, 2.45) is 0 Å². The predicted molar refractivity (Wildman–Crippen MR) is 86.8 cm³/mol. The Labute approximate surface area is 135 Å². The maximum absolute atomic E-state index is 11.6. The standard InChI is InChI=1S/C17H23N3O3/c1-11(2)13-4-6-14(7-5-13)17-19-16(23-20-17)9-8-15(22)18-10-12(3)21/h4-7,11-12,21H,8-10H2,1-3H3,(H,18,22). The second kappa shape index (κ2) is 7.87. The van der Waals surface area contributed by atoms with Gasteiger partial charge in [-0.05, 0) is 18.4 Å². The lowest BCUT2D eigenvalue weighted by atomic mass is 10.0. The van der Waals surface area contributed by atoms with Crippen molar-refractivity contribution < 1.29 is 14.4 Å². The van der Waals surface area contributed by atoms with Gasteiger partial charge < -0.3 is 14.9 Å². The minimum atomic E-state index is -0.553. The lowest BCUT2D eigenvalue weighted by Gasteiger charge is -2.05. The van der Waals surface area contributed by atoms with Gasteiger partial charge in [0, 0.05) is 24.9 Å². The van der Waals surface area contributed by atoms with E-state index in [4.69, 9.17) is 9.63 Å². The number of benzene rings is 1. The first-order valence-electron chi connectivity index (χ1n) is 7.83. The maximum atomic E-state index is 11.6. The zero-order chi connectivity index (χ0) is 16.8. The van der Waals surface area contributed by atoms with Crippen molar-refractivity contribution >= 4 is 5.91 Å². The number of rotatable bonds is 7. The van der Waals surface area contributed by atoms with E-state index >= 15 is 0 Å². The van der Waals surface area contributed by atoms with Crippen LogP contribution in [0.15, 0.2) is 28.8 Å². The monoisotopic (exact) mass is 317 g/mol. The Hall–Kier alpha value is -2.21. The number of aliphatic hydroxyl groups is 1. The van der Waals surface area contributed by atoms with Gasteiger partial charge in [0.05, 0.1) is 6.10 Å². The average molecular weight is 317 g/mol. The van der Waals surface area contributed by atoms with Crippen molar-refractivity contribution in [2.45, 2.75) is 45.6 Å². The Balaban J connectivity index is 1.91. The van der Waals surface area contributed by atoms with E-state index in [0.29, 0.717) is 24.1 Å². The second-order valence-electron chi connectivity index (χ2n) is 5.94. The fourth-order valence-corrected chi connectivity index (χ4v) is 2.06. The normalized spacial score (nSPS) is 12.4. The number of hydrogen-bond donors (Lipinski definition) is 2. The minimum Gasteiger partial charge on any atom is -0.392 e. The number of nitrogens with one attached hydrogen (secondary N) is 1. The van der Waals surface area contributed by atoms with Crippen LogP contribution in [0, 0.1) is 0 Å². The lowest BCUT2D eigenvalue weighted by Crippen LogP contribution is -2.30. The van der Waals surface area contributed by atoms with Crippen molar-refractivity contribution in [3.63, 3.8) is 0 Å². The topological polar surface area (TPSA) is 88.2 Å². The van der Waals surface area contributed by atoms with E-state index in [-0.39, 0.29) is 18.9 Å². The van der Waals surface area contributed by atoms with Crippen LogP contribution < -0.4 is 5.32 Å². The van der Waals surface area contributed by atoms with E-state index in [1.165, 1.54) is 5.56 Å². The van der Waals surface area contributed by atoms with Crippen LogP contribution in [0.5, 0.6) is 0 Å². The van der Waals surface area contributed by atoms with Gasteiger partial charge in [0.1, 0.15) is 0 Å². The van der Waals surface area contributed by atoms with E-state index < -0.39 is 6.10 Å². The molecule has 1 atom stereocenters. The van der Waals surface area contributed by atoms with Gasteiger partial charge in [0.2, 0.25) is 17.6 Å². The summed E-state index contributed by atoms with van der Waals surface area (Å²) in [4.78, 5) is 15.9. The number of nitrogens with zero attached hydrogens (tertiary/aromatic N) is 2. The summed E-state index contributed by atoms with van der Waals surface area (Å²) in [5.41, 5.74) is 2.15. The Morgan fingerprint density at radius 1 is 1.26 bits per heavy atom. The van der Waals surface area contributed by atoms with Crippen molar-refractivity contribution in [2.75, 3.05) is 6.54 Å². The molecule has 0 bridgehead atoms. The molecule has 0 radical (unpaired) electrons. The Bertz CT molecular complexity index is 633. The molecule has 2 rings (SSSR count). The average Bonchev–Trinajstić information content (AvgIpc) is 3.00. The van der Waals surface area contributed by atoms with Crippen molar-refractivity contribution in [1.82, 2.24) is 15.5 Å². The Morgan fingerprint density at radius 3 is 2.57 bits per heavy atom. The molecule has 0 fully saturated rings. The molecule has 0 aliphatic carbocycles. The molecule has 0 saturated heterocycles. The summed E-state index contributed by atoms with van der Waals surface area (Å²) in [6, 6.07) is 8.05. The molecule has 1 aromatic carbocycles. The highest BCUT2D eigenvalue weighted by Gasteiger charge is 2.11. The van der Waals surface area contributed by atoms with Crippen LogP contribution in [0.25, 0.3) is 11.4 Å². The van der Waals surface area contributed by atoms with Gasteiger partial charge in [-0.3, -0.25) is 4.79 Å². The number of carbonyl (C=O) groups is 1. The smallest absolute Gasteiger partial charge is 0.227 e. The van der Waals surface area contributed by atoms with Gasteiger partial charge in [0.15, 0.2) is 0 Å². The van der Waals surface area contributed by atoms with E-state index in [2.05, 4.69) is 41.4 Å². The molecule has 2 aromatic rings. The van der Waals surface area contributed by atoms with Crippen molar-refractivity contribution in [3.8, 4) is 11.4 Å². The fraction of sp³-hybridized carbons (Fsp3) is 0.471. The van der Waals surface area contributed by atoms with Crippen LogP contribution in [-0.4, -0.2) is 33.8 Å². The molecule has 1 heterocycles. The molecule has 0 aliphatic rings. The molecule has 1 unspecified atom stereocenters. The number of aliphatic hydroxyl groups excluding tert-OH is 1. The molecule has 6 heteroatoms. The molecule has 1 aromatic heterocycles. The molecule has 124 valence electrons. The van der Waals surface area contributed by atoms with Crippen LogP contribution in [0.4, 0.5) is 0 Å². The number of carbonyl (C=O) groups excluding carboxylic acids is 1. The first-order valence-corrected chi connectivity index (χ1v) is 7.83. The Kier molecular flexibility index (Phi) is 5.87. The van der Waals surface area contributed by atoms with E-state index in [1.807, 2.05) is 12.1 Å². The van der Waals surface area contributed by atoms with E-state index in [1.54, 1.807) is 6.92 Å². The molecule has 0 aliphatic heterocycles. The third-order valence-corrected chi connectivity index (χ3v) is 3.46. The van der Waals surface area contributed by atoms with Gasteiger partial charge in [-0.1, -0.05) is 43.3 Å². The van der Waals surface area contributed by atoms with Crippen LogP contribution in [-0.2, 0) is 11.2 Å². The molecule has 1 amide bonds. The Morgan fingerprint density at radius 2 is 1.96 bits per heavy atom. The summed E-state index contributed by atoms with van der Waals surface area (Å²) < 4.78 is 5.18. The van der Waals surface area contributed by atoms with Crippen LogP contribution >= 0.6 is 0 Å². The van der Waals surface area contributed by atoms with Gasteiger partial charge in [0.25, 0.3) is 0 Å². The summed E-state index contributed by atoms with van der Waals surface area (Å²) in [5.74, 6) is 1.29. The molecule has 23 heavy (non-hydrogen) atoms. The van der Waals surface area contributed by atoms with E-state index in [0.717, 1.165) is 5.56 Å². The highest BCUT2D eigenvalue weighted by Crippen LogP contribution is 2.20. The highest BCUT2D eigenvalue weighted by atomic mass is 16.5. The number of amides is 1. The number of aryl methyl sites for hydroxylation is 1. The number of aromatic nitrogens is 2. The highest BCUT2D eigenvalue weighted by molar-refractivity contribution is 5.76. The quantitative estimate of drug-likeness (QED) is 0.818. The molecular formula is C17H23N3O3. The summed E-state index contributed by atoms with van der Waals surface area (Å²) in [6.07, 6.45) is 0.0753. The predicted octanol–water partition coefficient (Wildman–Crippen LogP) is 2.29. The second-order valence-corrected chi connectivity index (χ2v) is 5.94. The van der Waals surface area contributed by atoms with Gasteiger partial charge >= 0.3 is 0 Å². The summed E-state index contributed by atoms with van der Waals surface area (Å²) in [7, 11) is 0. The van der Waals surface area contributed by atoms with Crippen molar-refractivity contribution in [3.05, 3.63) is 35.7 Å². The van der Waals surface area contributed by atoms with Gasteiger partial charge in [-0.25, -0.2) is 0 Å². The first-order chi connectivity index (χ1) is 11.0. The molecule has 0 spiro atoms. The third-order valence-electron chi connectivity index (χ3n) is 3.46. The molecule has 6 nitrogen and oxygen atoms in total. The summed E-state index contributed by atoms with van der Waals surface area (Å²) in [5, 5.41) is 15.7. The molecule has 2 N–H and O–H groups in total. The largest absolute Gasteiger partial charge is 0.392 e.